The molecule has 0 saturated carbocycles. The van der Waals surface area contributed by atoms with Gasteiger partial charge < -0.3 is 20.1 Å². The number of guanidine groups is 1. The van der Waals surface area contributed by atoms with Crippen LogP contribution in [0, 0.1) is 0 Å². The van der Waals surface area contributed by atoms with Gasteiger partial charge in [0.05, 0.1) is 20.3 Å². The predicted molar refractivity (Wildman–Crippen MR) is 106 cm³/mol. The van der Waals surface area contributed by atoms with Gasteiger partial charge in [0.25, 0.3) is 0 Å². The first-order chi connectivity index (χ1) is 12.7. The third kappa shape index (κ3) is 9.30. The number of nitrogens with one attached hydrogen (secondary N) is 2. The zero-order valence-electron chi connectivity index (χ0n) is 16.3. The Bertz CT molecular complexity index is 547. The quantitative estimate of drug-likeness (QED) is 0.258. The van der Waals surface area contributed by atoms with E-state index < -0.39 is 0 Å². The number of rotatable bonds is 12. The van der Waals surface area contributed by atoms with Crippen molar-refractivity contribution in [3.63, 3.8) is 0 Å². The second kappa shape index (κ2) is 14.0. The Balaban J connectivity index is 2.36. The van der Waals surface area contributed by atoms with Crippen LogP contribution in [0.3, 0.4) is 0 Å². The zero-order chi connectivity index (χ0) is 19.0. The molecule has 0 aliphatic rings. The molecule has 1 aromatic carbocycles. The largest absolute Gasteiger partial charge is 0.494 e. The monoisotopic (exact) mass is 363 g/mol. The molecule has 1 rings (SSSR count). The van der Waals surface area contributed by atoms with Crippen LogP contribution in [0.1, 0.15) is 51.5 Å². The van der Waals surface area contributed by atoms with E-state index in [0.717, 1.165) is 56.0 Å². The second-order valence-electron chi connectivity index (χ2n) is 5.90. The van der Waals surface area contributed by atoms with Crippen LogP contribution in [-0.2, 0) is 16.1 Å². The molecule has 0 unspecified atom stereocenters. The Morgan fingerprint density at radius 3 is 2.58 bits per heavy atom. The molecular weight excluding hydrogens is 330 g/mol. The average Bonchev–Trinajstić information content (AvgIpc) is 2.66. The van der Waals surface area contributed by atoms with Gasteiger partial charge in [-0.15, -0.1) is 0 Å². The van der Waals surface area contributed by atoms with Gasteiger partial charge in [-0.3, -0.25) is 4.79 Å². The van der Waals surface area contributed by atoms with Crippen molar-refractivity contribution in [1.29, 1.82) is 0 Å². The number of benzene rings is 1. The highest BCUT2D eigenvalue weighted by Crippen LogP contribution is 2.18. The van der Waals surface area contributed by atoms with Crippen LogP contribution < -0.4 is 15.4 Å². The number of carbonyl (C=O) groups excluding carboxylic acids is 1. The molecule has 6 heteroatoms. The first kappa shape index (κ1) is 21.8. The molecule has 6 nitrogen and oxygen atoms in total. The predicted octanol–water partition coefficient (Wildman–Crippen LogP) is 3.26. The van der Waals surface area contributed by atoms with Crippen LogP contribution in [0.15, 0.2) is 29.3 Å². The molecule has 2 N–H and O–H groups in total. The molecule has 0 aromatic heterocycles. The van der Waals surface area contributed by atoms with Gasteiger partial charge in [-0.1, -0.05) is 31.0 Å². The lowest BCUT2D eigenvalue weighted by Gasteiger charge is -2.12. The minimum atomic E-state index is -0.128. The maximum atomic E-state index is 11.0. The highest BCUT2D eigenvalue weighted by atomic mass is 16.5. The fraction of sp³-hybridized carbons (Fsp3) is 0.600. The van der Waals surface area contributed by atoms with E-state index in [1.807, 2.05) is 31.2 Å². The van der Waals surface area contributed by atoms with Crippen LogP contribution in [0.25, 0.3) is 0 Å². The molecule has 0 saturated heterocycles. The minimum Gasteiger partial charge on any atom is -0.494 e. The van der Waals surface area contributed by atoms with E-state index in [1.165, 1.54) is 7.11 Å². The van der Waals surface area contributed by atoms with Crippen molar-refractivity contribution >= 4 is 11.9 Å². The van der Waals surface area contributed by atoms with E-state index in [-0.39, 0.29) is 5.97 Å². The van der Waals surface area contributed by atoms with Crippen LogP contribution in [0.2, 0.25) is 0 Å². The zero-order valence-corrected chi connectivity index (χ0v) is 16.3. The number of hydrogen-bond donors (Lipinski definition) is 2. The van der Waals surface area contributed by atoms with E-state index >= 15 is 0 Å². The van der Waals surface area contributed by atoms with Crippen LogP contribution in [0.5, 0.6) is 5.75 Å². The van der Waals surface area contributed by atoms with E-state index in [4.69, 9.17) is 4.74 Å². The number of hydrogen-bond acceptors (Lipinski definition) is 4. The number of esters is 1. The lowest BCUT2D eigenvalue weighted by atomic mass is 10.1. The smallest absolute Gasteiger partial charge is 0.305 e. The van der Waals surface area contributed by atoms with Gasteiger partial charge in [0.2, 0.25) is 0 Å². The summed E-state index contributed by atoms with van der Waals surface area (Å²) in [5.41, 5.74) is 1.08. The molecular formula is C20H33N3O3. The fourth-order valence-corrected chi connectivity index (χ4v) is 2.49. The van der Waals surface area contributed by atoms with Crippen molar-refractivity contribution in [2.45, 2.75) is 52.5 Å². The van der Waals surface area contributed by atoms with Gasteiger partial charge in [-0.25, -0.2) is 4.99 Å². The third-order valence-electron chi connectivity index (χ3n) is 3.85. The standard InChI is InChI=1S/C20H33N3O3/c1-4-21-20(22-15-11-7-6-8-14-19(24)25-3)23-16-17-12-9-10-13-18(17)26-5-2/h9-10,12-13H,4-8,11,14-16H2,1-3H3,(H2,21,22,23). The first-order valence-corrected chi connectivity index (χ1v) is 9.50. The number of unbranched alkanes of at least 4 members (excludes halogenated alkanes) is 3. The SMILES string of the molecule is CCNC(=NCc1ccccc1OCC)NCCCCCCC(=O)OC. The lowest BCUT2D eigenvalue weighted by molar-refractivity contribution is -0.140. The minimum absolute atomic E-state index is 0.128. The summed E-state index contributed by atoms with van der Waals surface area (Å²) >= 11 is 0. The van der Waals surface area contributed by atoms with Gasteiger partial charge >= 0.3 is 5.97 Å². The van der Waals surface area contributed by atoms with E-state index in [1.54, 1.807) is 0 Å². The summed E-state index contributed by atoms with van der Waals surface area (Å²) in [4.78, 5) is 15.7. The molecule has 1 aromatic rings. The Kier molecular flexibility index (Phi) is 11.7. The molecule has 0 fully saturated rings. The van der Waals surface area contributed by atoms with Gasteiger partial charge in [0.1, 0.15) is 5.75 Å². The number of aliphatic imine (C=N–C) groups is 1. The van der Waals surface area contributed by atoms with Gasteiger partial charge in [-0.2, -0.15) is 0 Å². The molecule has 0 atom stereocenters. The summed E-state index contributed by atoms with van der Waals surface area (Å²) in [6.45, 7) is 6.93. The van der Waals surface area contributed by atoms with E-state index in [0.29, 0.717) is 19.6 Å². The molecule has 146 valence electrons. The second-order valence-corrected chi connectivity index (χ2v) is 5.90. The van der Waals surface area contributed by atoms with Crippen LogP contribution in [-0.4, -0.2) is 38.7 Å². The molecule has 0 amide bonds. The summed E-state index contributed by atoms with van der Waals surface area (Å²) in [5.74, 6) is 1.57. The van der Waals surface area contributed by atoms with Crippen molar-refractivity contribution in [1.82, 2.24) is 10.6 Å². The summed E-state index contributed by atoms with van der Waals surface area (Å²) < 4.78 is 10.3. The summed E-state index contributed by atoms with van der Waals surface area (Å²) in [7, 11) is 1.43. The molecule has 0 aliphatic heterocycles. The summed E-state index contributed by atoms with van der Waals surface area (Å²) in [5, 5.41) is 6.63. The highest BCUT2D eigenvalue weighted by molar-refractivity contribution is 5.79. The number of nitrogens with zero attached hydrogens (tertiary/aromatic N) is 1. The number of para-hydroxylation sites is 1. The molecule has 0 aliphatic carbocycles. The number of methoxy groups -OCH3 is 1. The average molecular weight is 364 g/mol. The van der Waals surface area contributed by atoms with Crippen LogP contribution >= 0.6 is 0 Å². The third-order valence-corrected chi connectivity index (χ3v) is 3.85. The molecule has 26 heavy (non-hydrogen) atoms. The Morgan fingerprint density at radius 2 is 1.85 bits per heavy atom. The number of ether oxygens (including phenoxy) is 2. The molecule has 0 heterocycles. The Labute approximate surface area is 157 Å². The normalized spacial score (nSPS) is 11.1. The summed E-state index contributed by atoms with van der Waals surface area (Å²) in [6, 6.07) is 7.99. The van der Waals surface area contributed by atoms with Crippen molar-refractivity contribution in [3.05, 3.63) is 29.8 Å². The van der Waals surface area contributed by atoms with Gasteiger partial charge in [0, 0.05) is 25.1 Å². The fourth-order valence-electron chi connectivity index (χ4n) is 2.49. The highest BCUT2D eigenvalue weighted by Gasteiger charge is 2.03. The maximum absolute atomic E-state index is 11.0. The Morgan fingerprint density at radius 1 is 1.08 bits per heavy atom. The molecule has 0 spiro atoms. The van der Waals surface area contributed by atoms with E-state index in [9.17, 15) is 4.79 Å². The van der Waals surface area contributed by atoms with Gasteiger partial charge in [-0.05, 0) is 32.8 Å². The van der Waals surface area contributed by atoms with Crippen molar-refractivity contribution in [2.75, 3.05) is 26.8 Å². The summed E-state index contributed by atoms with van der Waals surface area (Å²) in [6.07, 6.45) is 4.55. The molecule has 0 bridgehead atoms. The van der Waals surface area contributed by atoms with Crippen molar-refractivity contribution in [2.24, 2.45) is 4.99 Å². The maximum Gasteiger partial charge on any atom is 0.305 e. The Hall–Kier alpha value is -2.24. The topological polar surface area (TPSA) is 72.0 Å². The first-order valence-electron chi connectivity index (χ1n) is 9.50. The number of carbonyl (C=O) groups is 1. The van der Waals surface area contributed by atoms with Crippen molar-refractivity contribution < 1.29 is 14.3 Å². The van der Waals surface area contributed by atoms with Crippen LogP contribution in [0.4, 0.5) is 0 Å². The van der Waals surface area contributed by atoms with E-state index in [2.05, 4.69) is 27.3 Å². The lowest BCUT2D eigenvalue weighted by Crippen LogP contribution is -2.37. The van der Waals surface area contributed by atoms with Gasteiger partial charge in [0.15, 0.2) is 5.96 Å². The van der Waals surface area contributed by atoms with Crippen molar-refractivity contribution in [3.8, 4) is 5.75 Å². The molecule has 0 radical (unpaired) electrons.